The third-order valence-corrected chi connectivity index (χ3v) is 3.39. The van der Waals surface area contributed by atoms with Crippen LogP contribution in [0.4, 0.5) is 0 Å². The van der Waals surface area contributed by atoms with Crippen molar-refractivity contribution >= 4 is 0 Å². The standard InChI is InChI=1S/C16H28N2O/c1-5-19-15-8-6-14(7-9-15)12-18(4)11-10-16(17)13(2)3/h6-9,13,16H,5,10-12,17H2,1-4H3. The van der Waals surface area contributed by atoms with Gasteiger partial charge in [-0.15, -0.1) is 0 Å². The lowest BCUT2D eigenvalue weighted by Gasteiger charge is -2.21. The average Bonchev–Trinajstić information content (AvgIpc) is 2.38. The van der Waals surface area contributed by atoms with Gasteiger partial charge in [-0.2, -0.15) is 0 Å². The van der Waals surface area contributed by atoms with E-state index < -0.39 is 0 Å². The van der Waals surface area contributed by atoms with Crippen LogP contribution in [0.5, 0.6) is 5.75 Å². The van der Waals surface area contributed by atoms with Gasteiger partial charge in [0.15, 0.2) is 0 Å². The van der Waals surface area contributed by atoms with E-state index in [4.69, 9.17) is 10.5 Å². The molecule has 19 heavy (non-hydrogen) atoms. The fraction of sp³-hybridized carbons (Fsp3) is 0.625. The molecular formula is C16H28N2O. The second-order valence-corrected chi connectivity index (χ2v) is 5.51. The molecule has 0 aliphatic carbocycles. The third kappa shape index (κ3) is 6.08. The summed E-state index contributed by atoms with van der Waals surface area (Å²) in [6.07, 6.45) is 1.05. The van der Waals surface area contributed by atoms with Gasteiger partial charge < -0.3 is 15.4 Å². The quantitative estimate of drug-likeness (QED) is 0.784. The van der Waals surface area contributed by atoms with Crippen LogP contribution in [0.2, 0.25) is 0 Å². The average molecular weight is 264 g/mol. The van der Waals surface area contributed by atoms with Crippen LogP contribution in [-0.4, -0.2) is 31.1 Å². The highest BCUT2D eigenvalue weighted by Gasteiger charge is 2.09. The molecular weight excluding hydrogens is 236 g/mol. The Kier molecular flexibility index (Phi) is 6.89. The topological polar surface area (TPSA) is 38.5 Å². The molecule has 0 aliphatic rings. The molecule has 0 saturated heterocycles. The van der Waals surface area contributed by atoms with Crippen LogP contribution in [0, 0.1) is 5.92 Å². The van der Waals surface area contributed by atoms with Crippen molar-refractivity contribution in [1.82, 2.24) is 4.90 Å². The number of hydrogen-bond acceptors (Lipinski definition) is 3. The van der Waals surface area contributed by atoms with Gasteiger partial charge in [-0.25, -0.2) is 0 Å². The van der Waals surface area contributed by atoms with Crippen molar-refractivity contribution in [2.75, 3.05) is 20.2 Å². The molecule has 108 valence electrons. The zero-order chi connectivity index (χ0) is 14.3. The molecule has 0 amide bonds. The van der Waals surface area contributed by atoms with Crippen LogP contribution in [-0.2, 0) is 6.54 Å². The Morgan fingerprint density at radius 3 is 2.37 bits per heavy atom. The number of nitrogens with two attached hydrogens (primary N) is 1. The van der Waals surface area contributed by atoms with Crippen molar-refractivity contribution in [3.63, 3.8) is 0 Å². The van der Waals surface area contributed by atoms with Crippen LogP contribution in [0.3, 0.4) is 0 Å². The molecule has 0 heterocycles. The number of nitrogens with zero attached hydrogens (tertiary/aromatic N) is 1. The molecule has 0 radical (unpaired) electrons. The molecule has 0 aliphatic heterocycles. The lowest BCUT2D eigenvalue weighted by atomic mass is 10.0. The summed E-state index contributed by atoms with van der Waals surface area (Å²) in [4.78, 5) is 2.32. The maximum atomic E-state index is 6.07. The Labute approximate surface area is 117 Å². The number of hydrogen-bond donors (Lipinski definition) is 1. The molecule has 0 aromatic heterocycles. The first-order chi connectivity index (χ1) is 9.02. The molecule has 0 bridgehead atoms. The predicted octanol–water partition coefficient (Wildman–Crippen LogP) is 2.89. The molecule has 3 heteroatoms. The Morgan fingerprint density at radius 1 is 1.21 bits per heavy atom. The molecule has 0 fully saturated rings. The summed E-state index contributed by atoms with van der Waals surface area (Å²) in [5.74, 6) is 1.50. The van der Waals surface area contributed by atoms with Crippen molar-refractivity contribution in [1.29, 1.82) is 0 Å². The maximum Gasteiger partial charge on any atom is 0.119 e. The van der Waals surface area contributed by atoms with E-state index in [1.165, 1.54) is 5.56 Å². The summed E-state index contributed by atoms with van der Waals surface area (Å²) in [5, 5.41) is 0. The normalized spacial score (nSPS) is 13.0. The molecule has 0 spiro atoms. The highest BCUT2D eigenvalue weighted by atomic mass is 16.5. The van der Waals surface area contributed by atoms with Crippen LogP contribution >= 0.6 is 0 Å². The minimum Gasteiger partial charge on any atom is -0.494 e. The van der Waals surface area contributed by atoms with Crippen molar-refractivity contribution in [3.8, 4) is 5.75 Å². The van der Waals surface area contributed by atoms with E-state index in [0.29, 0.717) is 18.6 Å². The van der Waals surface area contributed by atoms with Gasteiger partial charge in [0.25, 0.3) is 0 Å². The smallest absolute Gasteiger partial charge is 0.119 e. The third-order valence-electron chi connectivity index (χ3n) is 3.39. The molecule has 3 nitrogen and oxygen atoms in total. The minimum absolute atomic E-state index is 0.294. The fourth-order valence-corrected chi connectivity index (χ4v) is 1.95. The predicted molar refractivity (Wildman–Crippen MR) is 81.4 cm³/mol. The van der Waals surface area contributed by atoms with Gasteiger partial charge in [-0.3, -0.25) is 0 Å². The second kappa shape index (κ2) is 8.18. The van der Waals surface area contributed by atoms with Crippen molar-refractivity contribution in [2.45, 2.75) is 39.8 Å². The largest absolute Gasteiger partial charge is 0.494 e. The molecule has 1 atom stereocenters. The summed E-state index contributed by atoms with van der Waals surface area (Å²) in [6, 6.07) is 8.62. The number of ether oxygens (including phenoxy) is 1. The molecule has 0 saturated carbocycles. The first kappa shape index (κ1) is 16.0. The summed E-state index contributed by atoms with van der Waals surface area (Å²) in [7, 11) is 2.14. The van der Waals surface area contributed by atoms with Gasteiger partial charge in [0.1, 0.15) is 5.75 Å². The van der Waals surface area contributed by atoms with Crippen LogP contribution in [0.15, 0.2) is 24.3 Å². The Balaban J connectivity index is 2.37. The van der Waals surface area contributed by atoms with Gasteiger partial charge in [0.05, 0.1) is 6.61 Å². The van der Waals surface area contributed by atoms with Crippen LogP contribution in [0.25, 0.3) is 0 Å². The van der Waals surface area contributed by atoms with E-state index in [1.54, 1.807) is 0 Å². The highest BCUT2D eigenvalue weighted by molar-refractivity contribution is 5.27. The monoisotopic (exact) mass is 264 g/mol. The zero-order valence-corrected chi connectivity index (χ0v) is 12.7. The summed E-state index contributed by atoms with van der Waals surface area (Å²) < 4.78 is 5.44. The Hall–Kier alpha value is -1.06. The lowest BCUT2D eigenvalue weighted by Crippen LogP contribution is -2.31. The van der Waals surface area contributed by atoms with E-state index in [-0.39, 0.29) is 0 Å². The Bertz CT molecular complexity index is 348. The van der Waals surface area contributed by atoms with Gasteiger partial charge >= 0.3 is 0 Å². The van der Waals surface area contributed by atoms with E-state index in [0.717, 1.165) is 25.3 Å². The highest BCUT2D eigenvalue weighted by Crippen LogP contribution is 2.13. The Morgan fingerprint density at radius 2 is 1.84 bits per heavy atom. The summed E-state index contributed by atoms with van der Waals surface area (Å²) >= 11 is 0. The van der Waals surface area contributed by atoms with E-state index in [2.05, 4.69) is 37.9 Å². The van der Waals surface area contributed by atoms with E-state index >= 15 is 0 Å². The number of rotatable bonds is 8. The van der Waals surface area contributed by atoms with Crippen molar-refractivity contribution in [2.24, 2.45) is 11.7 Å². The molecule has 2 N–H and O–H groups in total. The fourth-order valence-electron chi connectivity index (χ4n) is 1.95. The minimum atomic E-state index is 0.294. The first-order valence-electron chi connectivity index (χ1n) is 7.18. The first-order valence-corrected chi connectivity index (χ1v) is 7.18. The number of benzene rings is 1. The second-order valence-electron chi connectivity index (χ2n) is 5.51. The van der Waals surface area contributed by atoms with Gasteiger partial charge in [-0.1, -0.05) is 26.0 Å². The van der Waals surface area contributed by atoms with E-state index in [1.807, 2.05) is 19.1 Å². The molecule has 1 aromatic carbocycles. The SMILES string of the molecule is CCOc1ccc(CN(C)CCC(N)C(C)C)cc1. The summed E-state index contributed by atoms with van der Waals surface area (Å²) in [6.45, 7) is 9.06. The van der Waals surface area contributed by atoms with Crippen LogP contribution < -0.4 is 10.5 Å². The molecule has 1 rings (SSSR count). The van der Waals surface area contributed by atoms with Gasteiger partial charge in [0.2, 0.25) is 0 Å². The lowest BCUT2D eigenvalue weighted by molar-refractivity contribution is 0.296. The maximum absolute atomic E-state index is 6.07. The molecule has 1 aromatic rings. The van der Waals surface area contributed by atoms with Crippen molar-refractivity contribution < 1.29 is 4.74 Å². The molecule has 1 unspecified atom stereocenters. The van der Waals surface area contributed by atoms with E-state index in [9.17, 15) is 0 Å². The van der Waals surface area contributed by atoms with Gasteiger partial charge in [0, 0.05) is 12.6 Å². The van der Waals surface area contributed by atoms with Gasteiger partial charge in [-0.05, 0) is 50.6 Å². The zero-order valence-electron chi connectivity index (χ0n) is 12.7. The van der Waals surface area contributed by atoms with Crippen molar-refractivity contribution in [3.05, 3.63) is 29.8 Å². The summed E-state index contributed by atoms with van der Waals surface area (Å²) in [5.41, 5.74) is 7.38. The van der Waals surface area contributed by atoms with Crippen LogP contribution in [0.1, 0.15) is 32.8 Å².